The Labute approximate surface area is 101 Å². The van der Waals surface area contributed by atoms with Crippen molar-refractivity contribution in [3.05, 3.63) is 29.3 Å². The minimum absolute atomic E-state index is 0.128. The molecule has 0 aromatic heterocycles. The van der Waals surface area contributed by atoms with Crippen LogP contribution in [0.5, 0.6) is 0 Å². The Hall–Kier alpha value is -1.68. The first-order chi connectivity index (χ1) is 8.17. The Kier molecular flexibility index (Phi) is 5.36. The lowest BCUT2D eigenvalue weighted by Crippen LogP contribution is -2.12. The SMILES string of the molecule is CNCc1cc(NC(=O)CCC=O)ccc1C. The van der Waals surface area contributed by atoms with Gasteiger partial charge in [0.2, 0.25) is 5.91 Å². The van der Waals surface area contributed by atoms with Crippen LogP contribution in [0.15, 0.2) is 18.2 Å². The van der Waals surface area contributed by atoms with Gasteiger partial charge in [0.25, 0.3) is 0 Å². The number of nitrogens with one attached hydrogen (secondary N) is 2. The molecule has 92 valence electrons. The van der Waals surface area contributed by atoms with E-state index >= 15 is 0 Å². The quantitative estimate of drug-likeness (QED) is 0.735. The molecule has 4 nitrogen and oxygen atoms in total. The fourth-order valence-electron chi connectivity index (χ4n) is 1.54. The molecule has 0 bridgehead atoms. The normalized spacial score (nSPS) is 10.0. The van der Waals surface area contributed by atoms with E-state index in [4.69, 9.17) is 0 Å². The zero-order valence-electron chi connectivity index (χ0n) is 10.2. The first-order valence-electron chi connectivity index (χ1n) is 5.65. The smallest absolute Gasteiger partial charge is 0.224 e. The van der Waals surface area contributed by atoms with Crippen LogP contribution < -0.4 is 10.6 Å². The summed E-state index contributed by atoms with van der Waals surface area (Å²) < 4.78 is 0. The number of amides is 1. The second-order valence-corrected chi connectivity index (χ2v) is 3.93. The highest BCUT2D eigenvalue weighted by Gasteiger charge is 2.04. The van der Waals surface area contributed by atoms with E-state index in [0.29, 0.717) is 0 Å². The van der Waals surface area contributed by atoms with Crippen LogP contribution >= 0.6 is 0 Å². The Morgan fingerprint density at radius 2 is 2.18 bits per heavy atom. The summed E-state index contributed by atoms with van der Waals surface area (Å²) in [4.78, 5) is 21.6. The molecule has 1 aromatic carbocycles. The van der Waals surface area contributed by atoms with Crippen molar-refractivity contribution >= 4 is 17.9 Å². The largest absolute Gasteiger partial charge is 0.326 e. The van der Waals surface area contributed by atoms with Crippen molar-refractivity contribution in [2.45, 2.75) is 26.3 Å². The second kappa shape index (κ2) is 6.81. The van der Waals surface area contributed by atoms with Gasteiger partial charge in [-0.2, -0.15) is 0 Å². The number of carbonyl (C=O) groups is 2. The molecule has 2 N–H and O–H groups in total. The van der Waals surface area contributed by atoms with Crippen LogP contribution in [-0.2, 0) is 16.1 Å². The highest BCUT2D eigenvalue weighted by Crippen LogP contribution is 2.15. The lowest BCUT2D eigenvalue weighted by atomic mass is 10.1. The highest BCUT2D eigenvalue weighted by atomic mass is 16.1. The lowest BCUT2D eigenvalue weighted by Gasteiger charge is -2.09. The Morgan fingerprint density at radius 1 is 1.41 bits per heavy atom. The molecule has 0 fully saturated rings. The predicted octanol–water partition coefficient (Wildman–Crippen LogP) is 1.63. The third-order valence-corrected chi connectivity index (χ3v) is 2.49. The highest BCUT2D eigenvalue weighted by molar-refractivity contribution is 5.91. The molecule has 1 aromatic rings. The maximum absolute atomic E-state index is 11.4. The third-order valence-electron chi connectivity index (χ3n) is 2.49. The first kappa shape index (κ1) is 13.4. The maximum atomic E-state index is 11.4. The standard InChI is InChI=1S/C13H18N2O2/c1-10-5-6-12(8-11(10)9-14-2)15-13(17)4-3-7-16/h5-8,14H,3-4,9H2,1-2H3,(H,15,17). The van der Waals surface area contributed by atoms with E-state index < -0.39 is 0 Å². The molecular weight excluding hydrogens is 216 g/mol. The van der Waals surface area contributed by atoms with Gasteiger partial charge in [0, 0.05) is 25.1 Å². The third kappa shape index (κ3) is 4.36. The van der Waals surface area contributed by atoms with Gasteiger partial charge < -0.3 is 15.4 Å². The van der Waals surface area contributed by atoms with Crippen LogP contribution in [-0.4, -0.2) is 19.2 Å². The summed E-state index contributed by atoms with van der Waals surface area (Å²) >= 11 is 0. The summed E-state index contributed by atoms with van der Waals surface area (Å²) in [5.41, 5.74) is 3.11. The molecule has 0 atom stereocenters. The van der Waals surface area contributed by atoms with Gasteiger partial charge >= 0.3 is 0 Å². The Bertz CT molecular complexity index is 402. The molecule has 0 heterocycles. The van der Waals surface area contributed by atoms with Crippen molar-refractivity contribution in [3.63, 3.8) is 0 Å². The summed E-state index contributed by atoms with van der Waals surface area (Å²) in [6.07, 6.45) is 1.25. The predicted molar refractivity (Wildman–Crippen MR) is 67.9 cm³/mol. The average Bonchev–Trinajstić information content (AvgIpc) is 2.31. The zero-order chi connectivity index (χ0) is 12.7. The summed E-state index contributed by atoms with van der Waals surface area (Å²) in [5.74, 6) is -0.128. The van der Waals surface area contributed by atoms with Crippen LogP contribution in [0, 0.1) is 6.92 Å². The second-order valence-electron chi connectivity index (χ2n) is 3.93. The Morgan fingerprint density at radius 3 is 2.82 bits per heavy atom. The van der Waals surface area contributed by atoms with Crippen molar-refractivity contribution in [2.75, 3.05) is 12.4 Å². The van der Waals surface area contributed by atoms with Crippen molar-refractivity contribution in [1.82, 2.24) is 5.32 Å². The molecule has 4 heteroatoms. The molecule has 0 radical (unpaired) electrons. The van der Waals surface area contributed by atoms with Crippen molar-refractivity contribution < 1.29 is 9.59 Å². The van der Waals surface area contributed by atoms with E-state index in [1.54, 1.807) is 0 Å². The molecule has 0 aliphatic carbocycles. The molecule has 0 spiro atoms. The zero-order valence-corrected chi connectivity index (χ0v) is 10.2. The van der Waals surface area contributed by atoms with E-state index in [9.17, 15) is 9.59 Å². The molecule has 0 saturated heterocycles. The van der Waals surface area contributed by atoms with Crippen LogP contribution in [0.25, 0.3) is 0 Å². The van der Waals surface area contributed by atoms with Gasteiger partial charge in [-0.3, -0.25) is 4.79 Å². The molecule has 0 saturated carbocycles. The molecular formula is C13H18N2O2. The first-order valence-corrected chi connectivity index (χ1v) is 5.65. The van der Waals surface area contributed by atoms with Gasteiger partial charge in [0.05, 0.1) is 0 Å². The molecule has 1 amide bonds. The van der Waals surface area contributed by atoms with Crippen molar-refractivity contribution in [3.8, 4) is 0 Å². The van der Waals surface area contributed by atoms with Crippen LogP contribution in [0.3, 0.4) is 0 Å². The fourth-order valence-corrected chi connectivity index (χ4v) is 1.54. The Balaban J connectivity index is 2.68. The van der Waals surface area contributed by atoms with Gasteiger partial charge in [-0.25, -0.2) is 0 Å². The number of anilines is 1. The van der Waals surface area contributed by atoms with Gasteiger partial charge in [0.15, 0.2) is 0 Å². The van der Waals surface area contributed by atoms with E-state index in [1.807, 2.05) is 32.2 Å². The number of hydrogen-bond acceptors (Lipinski definition) is 3. The summed E-state index contributed by atoms with van der Waals surface area (Å²) in [6.45, 7) is 2.80. The summed E-state index contributed by atoms with van der Waals surface area (Å²) in [5, 5.41) is 5.86. The lowest BCUT2D eigenvalue weighted by molar-refractivity contribution is -0.118. The average molecular weight is 234 g/mol. The number of carbonyl (C=O) groups excluding carboxylic acids is 2. The van der Waals surface area contributed by atoms with E-state index in [2.05, 4.69) is 10.6 Å². The summed E-state index contributed by atoms with van der Waals surface area (Å²) in [6, 6.07) is 5.79. The van der Waals surface area contributed by atoms with Crippen molar-refractivity contribution in [1.29, 1.82) is 0 Å². The van der Waals surface area contributed by atoms with Crippen molar-refractivity contribution in [2.24, 2.45) is 0 Å². The topological polar surface area (TPSA) is 58.2 Å². The van der Waals surface area contributed by atoms with E-state index in [1.165, 1.54) is 5.56 Å². The van der Waals surface area contributed by atoms with Gasteiger partial charge in [-0.15, -0.1) is 0 Å². The molecule has 0 aliphatic heterocycles. The minimum Gasteiger partial charge on any atom is -0.326 e. The monoisotopic (exact) mass is 234 g/mol. The number of benzene rings is 1. The fraction of sp³-hybridized carbons (Fsp3) is 0.385. The molecule has 17 heavy (non-hydrogen) atoms. The van der Waals surface area contributed by atoms with Gasteiger partial charge in [-0.05, 0) is 37.2 Å². The van der Waals surface area contributed by atoms with Crippen LogP contribution in [0.1, 0.15) is 24.0 Å². The van der Waals surface area contributed by atoms with E-state index in [-0.39, 0.29) is 18.7 Å². The molecule has 1 rings (SSSR count). The maximum Gasteiger partial charge on any atom is 0.224 e. The van der Waals surface area contributed by atoms with Gasteiger partial charge in [-0.1, -0.05) is 6.07 Å². The van der Waals surface area contributed by atoms with Gasteiger partial charge in [0.1, 0.15) is 6.29 Å². The molecule has 0 aliphatic rings. The molecule has 0 unspecified atom stereocenters. The summed E-state index contributed by atoms with van der Waals surface area (Å²) in [7, 11) is 1.88. The van der Waals surface area contributed by atoms with Crippen LogP contribution in [0.2, 0.25) is 0 Å². The van der Waals surface area contributed by atoms with Crippen LogP contribution in [0.4, 0.5) is 5.69 Å². The number of rotatable bonds is 6. The number of hydrogen-bond donors (Lipinski definition) is 2. The van der Waals surface area contributed by atoms with E-state index in [0.717, 1.165) is 24.1 Å². The number of aryl methyl sites for hydroxylation is 1. The number of aldehydes is 1. The minimum atomic E-state index is -0.128.